The minimum absolute atomic E-state index is 0.0376. The van der Waals surface area contributed by atoms with Crippen LogP contribution in [0.4, 0.5) is 15.9 Å². The number of nitrogens with two attached hydrogens (primary N) is 1. The van der Waals surface area contributed by atoms with Gasteiger partial charge < -0.3 is 11.1 Å². The van der Waals surface area contributed by atoms with E-state index in [9.17, 15) is 12.8 Å². The molecule has 0 saturated carbocycles. The fourth-order valence-corrected chi connectivity index (χ4v) is 5.24. The molecule has 11 heteroatoms. The van der Waals surface area contributed by atoms with Crippen molar-refractivity contribution in [1.82, 2.24) is 15.0 Å². The molecule has 0 aliphatic carbocycles. The zero-order chi connectivity index (χ0) is 21.7. The van der Waals surface area contributed by atoms with Crippen LogP contribution in [0.3, 0.4) is 0 Å². The normalized spacial score (nSPS) is 23.2. The molecule has 8 nitrogen and oxygen atoms in total. The number of benzene rings is 1. The second-order valence-corrected chi connectivity index (χ2v) is 10.1. The van der Waals surface area contributed by atoms with E-state index in [4.69, 9.17) is 17.3 Å². The molecule has 1 aliphatic rings. The summed E-state index contributed by atoms with van der Waals surface area (Å²) >= 11 is 5.96. The Bertz CT molecular complexity index is 1300. The first-order chi connectivity index (χ1) is 14.1. The van der Waals surface area contributed by atoms with Crippen LogP contribution in [-0.4, -0.2) is 40.2 Å². The van der Waals surface area contributed by atoms with Crippen LogP contribution in [-0.2, 0) is 15.4 Å². The number of aliphatic imine (C=N–C) groups is 1. The van der Waals surface area contributed by atoms with E-state index in [1.165, 1.54) is 37.6 Å². The van der Waals surface area contributed by atoms with Gasteiger partial charge in [-0.25, -0.2) is 27.8 Å². The summed E-state index contributed by atoms with van der Waals surface area (Å²) in [6.45, 7) is 3.02. The van der Waals surface area contributed by atoms with Crippen LogP contribution in [0, 0.1) is 5.82 Å². The third-order valence-electron chi connectivity index (χ3n) is 5.06. The van der Waals surface area contributed by atoms with E-state index in [-0.39, 0.29) is 17.2 Å². The topological polar surface area (TPSA) is 123 Å². The molecule has 3 N–H and O–H groups in total. The lowest BCUT2D eigenvalue weighted by Gasteiger charge is -2.33. The van der Waals surface area contributed by atoms with Crippen molar-refractivity contribution in [3.05, 3.63) is 53.2 Å². The molecular weight excluding hydrogens is 431 g/mol. The van der Waals surface area contributed by atoms with Gasteiger partial charge in [0.25, 0.3) is 0 Å². The fourth-order valence-electron chi connectivity index (χ4n) is 3.41. The molecule has 3 aromatic rings. The maximum Gasteiger partial charge on any atom is 0.162 e. The number of hydrogen-bond acceptors (Lipinski definition) is 8. The highest BCUT2D eigenvalue weighted by Crippen LogP contribution is 2.36. The summed E-state index contributed by atoms with van der Waals surface area (Å²) in [5.41, 5.74) is 6.11. The molecule has 2 unspecified atom stereocenters. The van der Waals surface area contributed by atoms with Crippen molar-refractivity contribution in [3.8, 4) is 0 Å². The van der Waals surface area contributed by atoms with Gasteiger partial charge in [0.15, 0.2) is 15.7 Å². The SMILES string of the molecule is CC1C(N)=NC(C)(c2cc(Nc3ncnc4cc(Cl)cnc34)ccc2F)CS1(=O)=O. The van der Waals surface area contributed by atoms with Crippen molar-refractivity contribution < 1.29 is 12.8 Å². The van der Waals surface area contributed by atoms with Gasteiger partial charge in [0.05, 0.1) is 16.3 Å². The number of rotatable bonds is 3. The second kappa shape index (κ2) is 7.13. The lowest BCUT2D eigenvalue weighted by molar-refractivity contribution is 0.486. The number of sulfone groups is 1. The van der Waals surface area contributed by atoms with Crippen molar-refractivity contribution in [2.24, 2.45) is 10.7 Å². The number of nitrogens with zero attached hydrogens (tertiary/aromatic N) is 4. The first kappa shape index (κ1) is 20.4. The second-order valence-electron chi connectivity index (χ2n) is 7.32. The Hall–Kier alpha value is -2.85. The standard InChI is InChI=1S/C19H18ClFN6O2S/c1-10-17(22)27-19(2,8-30(10,28)29)13-6-12(3-4-14(13)21)26-18-16-15(24-9-25-18)5-11(20)7-23-16/h3-7,9-10H,8H2,1-2H3,(H2,22,27)(H,24,25,26). The number of anilines is 2. The summed E-state index contributed by atoms with van der Waals surface area (Å²) in [6, 6.07) is 5.91. The van der Waals surface area contributed by atoms with Crippen LogP contribution < -0.4 is 11.1 Å². The first-order valence-corrected chi connectivity index (χ1v) is 11.1. The van der Waals surface area contributed by atoms with E-state index in [2.05, 4.69) is 25.3 Å². The molecule has 2 atom stereocenters. The maximum absolute atomic E-state index is 14.7. The van der Waals surface area contributed by atoms with Crippen LogP contribution in [0.15, 0.2) is 41.8 Å². The Morgan fingerprint density at radius 1 is 1.27 bits per heavy atom. The average molecular weight is 449 g/mol. The average Bonchev–Trinajstić information content (AvgIpc) is 2.67. The fraction of sp³-hybridized carbons (Fsp3) is 0.263. The van der Waals surface area contributed by atoms with Crippen molar-refractivity contribution in [3.63, 3.8) is 0 Å². The van der Waals surface area contributed by atoms with Crippen LogP contribution in [0.2, 0.25) is 5.02 Å². The Labute approximate surface area is 177 Å². The summed E-state index contributed by atoms with van der Waals surface area (Å²) in [7, 11) is -3.57. The lowest BCUT2D eigenvalue weighted by Crippen LogP contribution is -2.47. The molecule has 3 heterocycles. The minimum Gasteiger partial charge on any atom is -0.386 e. The predicted octanol–water partition coefficient (Wildman–Crippen LogP) is 2.95. The summed E-state index contributed by atoms with van der Waals surface area (Å²) < 4.78 is 39.7. The molecule has 4 rings (SSSR count). The molecule has 0 saturated heterocycles. The molecule has 156 valence electrons. The van der Waals surface area contributed by atoms with Crippen molar-refractivity contribution >= 4 is 49.8 Å². The summed E-state index contributed by atoms with van der Waals surface area (Å²) in [5, 5.41) is 2.61. The number of nitrogens with one attached hydrogen (secondary N) is 1. The van der Waals surface area contributed by atoms with Gasteiger partial charge >= 0.3 is 0 Å². The van der Waals surface area contributed by atoms with Crippen molar-refractivity contribution in [1.29, 1.82) is 0 Å². The third-order valence-corrected chi connectivity index (χ3v) is 7.55. The van der Waals surface area contributed by atoms with Gasteiger partial charge in [-0.1, -0.05) is 11.6 Å². The molecular formula is C19H18ClFN6O2S. The van der Waals surface area contributed by atoms with Gasteiger partial charge in [-0.3, -0.25) is 4.99 Å². The van der Waals surface area contributed by atoms with Crippen LogP contribution >= 0.6 is 11.6 Å². The van der Waals surface area contributed by atoms with E-state index >= 15 is 0 Å². The van der Waals surface area contributed by atoms with Crippen LogP contribution in [0.5, 0.6) is 0 Å². The van der Waals surface area contributed by atoms with Gasteiger partial charge in [-0.2, -0.15) is 0 Å². The zero-order valence-corrected chi connectivity index (χ0v) is 17.7. The van der Waals surface area contributed by atoms with Crippen molar-refractivity contribution in [2.75, 3.05) is 11.1 Å². The molecule has 0 bridgehead atoms. The number of pyridine rings is 1. The molecule has 1 aliphatic heterocycles. The molecule has 1 aromatic carbocycles. The number of amidine groups is 1. The van der Waals surface area contributed by atoms with E-state index < -0.39 is 26.4 Å². The van der Waals surface area contributed by atoms with Gasteiger partial charge in [-0.05, 0) is 38.1 Å². The smallest absolute Gasteiger partial charge is 0.162 e. The maximum atomic E-state index is 14.7. The molecule has 30 heavy (non-hydrogen) atoms. The summed E-state index contributed by atoms with van der Waals surface area (Å²) in [6.07, 6.45) is 2.83. The molecule has 0 spiro atoms. The van der Waals surface area contributed by atoms with E-state index in [0.29, 0.717) is 27.6 Å². The van der Waals surface area contributed by atoms with Crippen molar-refractivity contribution in [2.45, 2.75) is 24.6 Å². The van der Waals surface area contributed by atoms with Gasteiger partial charge in [0.1, 0.15) is 34.3 Å². The Balaban J connectivity index is 1.77. The molecule has 0 amide bonds. The van der Waals surface area contributed by atoms with Gasteiger partial charge in [0.2, 0.25) is 0 Å². The van der Waals surface area contributed by atoms with E-state index in [0.717, 1.165) is 0 Å². The first-order valence-electron chi connectivity index (χ1n) is 8.99. The van der Waals surface area contributed by atoms with Gasteiger partial charge in [-0.15, -0.1) is 0 Å². The highest BCUT2D eigenvalue weighted by molar-refractivity contribution is 7.92. The number of hydrogen-bond donors (Lipinski definition) is 2. The predicted molar refractivity (Wildman–Crippen MR) is 114 cm³/mol. The Kier molecular flexibility index (Phi) is 4.86. The monoisotopic (exact) mass is 448 g/mol. The quantitative estimate of drug-likeness (QED) is 0.631. The largest absolute Gasteiger partial charge is 0.386 e. The highest BCUT2D eigenvalue weighted by Gasteiger charge is 2.42. The third kappa shape index (κ3) is 3.56. The summed E-state index contributed by atoms with van der Waals surface area (Å²) in [4.78, 5) is 16.9. The molecule has 0 fully saturated rings. The van der Waals surface area contributed by atoms with E-state index in [1.807, 2.05) is 0 Å². The molecule has 2 aromatic heterocycles. The summed E-state index contributed by atoms with van der Waals surface area (Å²) in [5.74, 6) is -0.572. The zero-order valence-electron chi connectivity index (χ0n) is 16.1. The van der Waals surface area contributed by atoms with Crippen LogP contribution in [0.1, 0.15) is 19.4 Å². The minimum atomic E-state index is -3.57. The lowest BCUT2D eigenvalue weighted by atomic mass is 9.93. The van der Waals surface area contributed by atoms with Crippen LogP contribution in [0.25, 0.3) is 11.0 Å². The Morgan fingerprint density at radius 3 is 2.77 bits per heavy atom. The number of fused-ring (bicyclic) bond motifs is 1. The highest BCUT2D eigenvalue weighted by atomic mass is 35.5. The number of aromatic nitrogens is 3. The molecule has 0 radical (unpaired) electrons. The van der Waals surface area contributed by atoms with E-state index in [1.54, 1.807) is 13.0 Å². The van der Waals surface area contributed by atoms with Gasteiger partial charge in [0, 0.05) is 17.4 Å². The Morgan fingerprint density at radius 2 is 2.03 bits per heavy atom. The number of halogens is 2.